The molecule has 90 valence electrons. The third-order valence-electron chi connectivity index (χ3n) is 3.51. The van der Waals surface area contributed by atoms with E-state index in [1.807, 2.05) is 11.4 Å². The van der Waals surface area contributed by atoms with E-state index in [0.717, 1.165) is 9.35 Å². The molecule has 0 aliphatic heterocycles. The highest BCUT2D eigenvalue weighted by Crippen LogP contribution is 2.38. The maximum absolute atomic E-state index is 10.4. The first-order valence-corrected chi connectivity index (χ1v) is 7.87. The molecule has 1 N–H and O–H groups in total. The predicted octanol–water partition coefficient (Wildman–Crippen LogP) is 4.90. The van der Waals surface area contributed by atoms with Crippen LogP contribution in [0.15, 0.2) is 15.9 Å². The first-order chi connectivity index (χ1) is 7.79. The van der Waals surface area contributed by atoms with Gasteiger partial charge in [0.15, 0.2) is 0 Å². The second kappa shape index (κ2) is 6.18. The molecule has 1 aromatic rings. The Morgan fingerprint density at radius 2 is 1.81 bits per heavy atom. The van der Waals surface area contributed by atoms with Crippen LogP contribution < -0.4 is 0 Å². The third kappa shape index (κ3) is 3.08. The van der Waals surface area contributed by atoms with Gasteiger partial charge in [-0.05, 0) is 46.1 Å². The summed E-state index contributed by atoms with van der Waals surface area (Å²) in [6.45, 7) is 0. The maximum Gasteiger partial charge on any atom is 0.0921 e. The molecule has 1 heterocycles. The summed E-state index contributed by atoms with van der Waals surface area (Å²) in [5, 5.41) is 12.5. The lowest BCUT2D eigenvalue weighted by Gasteiger charge is -2.24. The SMILES string of the molecule is OC(c1sccc1Br)C1CCCCCCC1. The van der Waals surface area contributed by atoms with Crippen LogP contribution in [-0.4, -0.2) is 5.11 Å². The molecule has 0 saturated heterocycles. The van der Waals surface area contributed by atoms with Crippen LogP contribution in [0.1, 0.15) is 55.9 Å². The zero-order chi connectivity index (χ0) is 11.4. The Morgan fingerprint density at radius 3 is 2.38 bits per heavy atom. The van der Waals surface area contributed by atoms with Crippen molar-refractivity contribution < 1.29 is 5.11 Å². The molecule has 0 bridgehead atoms. The Balaban J connectivity index is 2.02. The van der Waals surface area contributed by atoms with Gasteiger partial charge in [0, 0.05) is 9.35 Å². The fraction of sp³-hybridized carbons (Fsp3) is 0.692. The minimum atomic E-state index is -0.257. The molecule has 1 unspecified atom stereocenters. The monoisotopic (exact) mass is 302 g/mol. The van der Waals surface area contributed by atoms with E-state index in [1.165, 1.54) is 44.9 Å². The third-order valence-corrected chi connectivity index (χ3v) is 5.45. The van der Waals surface area contributed by atoms with E-state index in [4.69, 9.17) is 0 Å². The van der Waals surface area contributed by atoms with Gasteiger partial charge in [0.1, 0.15) is 0 Å². The fourth-order valence-corrected chi connectivity index (χ4v) is 4.22. The van der Waals surface area contributed by atoms with Crippen molar-refractivity contribution in [2.45, 2.75) is 51.0 Å². The van der Waals surface area contributed by atoms with Crippen LogP contribution in [0.4, 0.5) is 0 Å². The Bertz CT molecular complexity index is 315. The highest BCUT2D eigenvalue weighted by molar-refractivity contribution is 9.10. The van der Waals surface area contributed by atoms with Crippen molar-refractivity contribution in [2.75, 3.05) is 0 Å². The summed E-state index contributed by atoms with van der Waals surface area (Å²) in [6, 6.07) is 2.03. The number of hydrogen-bond donors (Lipinski definition) is 1. The van der Waals surface area contributed by atoms with Crippen molar-refractivity contribution in [3.8, 4) is 0 Å². The largest absolute Gasteiger partial charge is 0.387 e. The quantitative estimate of drug-likeness (QED) is 0.823. The van der Waals surface area contributed by atoms with Crippen molar-refractivity contribution in [3.05, 3.63) is 20.8 Å². The van der Waals surface area contributed by atoms with Gasteiger partial charge in [-0.2, -0.15) is 0 Å². The van der Waals surface area contributed by atoms with E-state index < -0.39 is 0 Å². The molecule has 1 fully saturated rings. The number of aliphatic hydroxyl groups is 1. The normalized spacial score (nSPS) is 21.4. The average molecular weight is 303 g/mol. The van der Waals surface area contributed by atoms with Gasteiger partial charge in [-0.3, -0.25) is 0 Å². The Morgan fingerprint density at radius 1 is 1.19 bits per heavy atom. The van der Waals surface area contributed by atoms with Crippen molar-refractivity contribution >= 4 is 27.3 Å². The van der Waals surface area contributed by atoms with Gasteiger partial charge >= 0.3 is 0 Å². The molecule has 1 aromatic heterocycles. The Hall–Kier alpha value is 0.140. The standard InChI is InChI=1S/C13H19BrOS/c14-11-8-9-16-13(11)12(15)10-6-4-2-1-3-5-7-10/h8-10,12,15H,1-7H2. The van der Waals surface area contributed by atoms with Crippen LogP contribution in [0.5, 0.6) is 0 Å². The molecule has 0 spiro atoms. The van der Waals surface area contributed by atoms with Crippen molar-refractivity contribution in [3.63, 3.8) is 0 Å². The summed E-state index contributed by atoms with van der Waals surface area (Å²) >= 11 is 5.19. The molecule has 1 aliphatic rings. The molecule has 0 radical (unpaired) electrons. The van der Waals surface area contributed by atoms with E-state index in [-0.39, 0.29) is 6.10 Å². The highest BCUT2D eigenvalue weighted by atomic mass is 79.9. The average Bonchev–Trinajstić information content (AvgIpc) is 2.63. The molecule has 1 saturated carbocycles. The van der Waals surface area contributed by atoms with Gasteiger partial charge in [0.2, 0.25) is 0 Å². The summed E-state index contributed by atoms with van der Waals surface area (Å²) in [5.41, 5.74) is 0. The second-order valence-corrected chi connectivity index (χ2v) is 6.48. The number of thiophene rings is 1. The fourth-order valence-electron chi connectivity index (χ4n) is 2.53. The minimum Gasteiger partial charge on any atom is -0.387 e. The van der Waals surface area contributed by atoms with Gasteiger partial charge in [-0.1, -0.05) is 32.1 Å². The van der Waals surface area contributed by atoms with E-state index in [9.17, 15) is 5.11 Å². The molecular weight excluding hydrogens is 284 g/mol. The minimum absolute atomic E-state index is 0.257. The molecule has 0 aromatic carbocycles. The van der Waals surface area contributed by atoms with Crippen LogP contribution in [0.2, 0.25) is 0 Å². The summed E-state index contributed by atoms with van der Waals surface area (Å²) in [4.78, 5) is 1.12. The van der Waals surface area contributed by atoms with Gasteiger partial charge in [0.25, 0.3) is 0 Å². The van der Waals surface area contributed by atoms with Crippen LogP contribution in [-0.2, 0) is 0 Å². The zero-order valence-electron chi connectivity index (χ0n) is 9.49. The molecule has 1 aliphatic carbocycles. The summed E-state index contributed by atoms with van der Waals surface area (Å²) < 4.78 is 1.08. The lowest BCUT2D eigenvalue weighted by atomic mass is 9.87. The number of aliphatic hydroxyl groups excluding tert-OH is 1. The first-order valence-electron chi connectivity index (χ1n) is 6.20. The first kappa shape index (κ1) is 12.6. The Kier molecular flexibility index (Phi) is 4.86. The smallest absolute Gasteiger partial charge is 0.0921 e. The van der Waals surface area contributed by atoms with Crippen molar-refractivity contribution in [1.82, 2.24) is 0 Å². The number of rotatable bonds is 2. The summed E-state index contributed by atoms with van der Waals surface area (Å²) in [7, 11) is 0. The van der Waals surface area contributed by atoms with Gasteiger partial charge < -0.3 is 5.11 Å². The molecule has 1 atom stereocenters. The van der Waals surface area contributed by atoms with Crippen LogP contribution in [0.25, 0.3) is 0 Å². The second-order valence-electron chi connectivity index (χ2n) is 4.68. The number of hydrogen-bond acceptors (Lipinski definition) is 2. The topological polar surface area (TPSA) is 20.2 Å². The van der Waals surface area contributed by atoms with E-state index in [0.29, 0.717) is 5.92 Å². The summed E-state index contributed by atoms with van der Waals surface area (Å²) in [6.07, 6.45) is 8.74. The van der Waals surface area contributed by atoms with Crippen LogP contribution >= 0.6 is 27.3 Å². The van der Waals surface area contributed by atoms with E-state index in [1.54, 1.807) is 11.3 Å². The van der Waals surface area contributed by atoms with Gasteiger partial charge in [0.05, 0.1) is 6.10 Å². The van der Waals surface area contributed by atoms with Crippen LogP contribution in [0, 0.1) is 5.92 Å². The molecule has 0 amide bonds. The number of halogens is 1. The maximum atomic E-state index is 10.4. The molecule has 16 heavy (non-hydrogen) atoms. The van der Waals surface area contributed by atoms with Gasteiger partial charge in [-0.15, -0.1) is 11.3 Å². The van der Waals surface area contributed by atoms with Crippen molar-refractivity contribution in [1.29, 1.82) is 0 Å². The highest BCUT2D eigenvalue weighted by Gasteiger charge is 2.23. The van der Waals surface area contributed by atoms with Crippen LogP contribution in [0.3, 0.4) is 0 Å². The van der Waals surface area contributed by atoms with Crippen molar-refractivity contribution in [2.24, 2.45) is 5.92 Å². The Labute approximate surface area is 110 Å². The summed E-state index contributed by atoms with van der Waals surface area (Å²) in [5.74, 6) is 0.468. The molecular formula is C13H19BrOS. The van der Waals surface area contributed by atoms with E-state index >= 15 is 0 Å². The van der Waals surface area contributed by atoms with Gasteiger partial charge in [-0.25, -0.2) is 0 Å². The molecule has 2 rings (SSSR count). The van der Waals surface area contributed by atoms with E-state index in [2.05, 4.69) is 15.9 Å². The molecule has 3 heteroatoms. The lowest BCUT2D eigenvalue weighted by Crippen LogP contribution is -2.13. The lowest BCUT2D eigenvalue weighted by molar-refractivity contribution is 0.0939. The molecule has 1 nitrogen and oxygen atoms in total. The predicted molar refractivity (Wildman–Crippen MR) is 72.8 cm³/mol. The zero-order valence-corrected chi connectivity index (χ0v) is 11.9.